The van der Waals surface area contributed by atoms with Crippen LogP contribution < -0.4 is 15.2 Å². The number of nitrogen functional groups attached to an aromatic ring is 1. The first kappa shape index (κ1) is 13.8. The van der Waals surface area contributed by atoms with Crippen LogP contribution in [0.5, 0.6) is 11.5 Å². The summed E-state index contributed by atoms with van der Waals surface area (Å²) in [6, 6.07) is 15.8. The molecule has 0 amide bonds. The van der Waals surface area contributed by atoms with E-state index in [-0.39, 0.29) is 6.10 Å². The minimum Gasteiger partial charge on any atom is -0.486 e. The van der Waals surface area contributed by atoms with Gasteiger partial charge >= 0.3 is 0 Å². The summed E-state index contributed by atoms with van der Waals surface area (Å²) in [4.78, 5) is 2.22. The van der Waals surface area contributed by atoms with Crippen molar-refractivity contribution in [2.24, 2.45) is 0 Å². The predicted octanol–water partition coefficient (Wildman–Crippen LogP) is 2.54. The van der Waals surface area contributed by atoms with Gasteiger partial charge in [0, 0.05) is 18.8 Å². The molecule has 1 atom stereocenters. The fraction of sp³-hybridized carbons (Fsp3) is 0.294. The van der Waals surface area contributed by atoms with Crippen LogP contribution in [0, 0.1) is 0 Å². The molecule has 1 aliphatic rings. The second-order valence-electron chi connectivity index (χ2n) is 5.44. The molecule has 0 saturated carbocycles. The predicted molar refractivity (Wildman–Crippen MR) is 83.5 cm³/mol. The quantitative estimate of drug-likeness (QED) is 0.877. The van der Waals surface area contributed by atoms with E-state index in [1.165, 1.54) is 5.56 Å². The molecule has 2 N–H and O–H groups in total. The lowest BCUT2D eigenvalue weighted by Crippen LogP contribution is -2.39. The highest BCUT2D eigenvalue weighted by molar-refractivity contribution is 5.41. The van der Waals surface area contributed by atoms with Gasteiger partial charge in [0.15, 0.2) is 11.5 Å². The Kier molecular flexibility index (Phi) is 3.97. The van der Waals surface area contributed by atoms with E-state index in [0.717, 1.165) is 30.3 Å². The number of para-hydroxylation sites is 2. The van der Waals surface area contributed by atoms with Gasteiger partial charge in [0.2, 0.25) is 0 Å². The average Bonchev–Trinajstić information content (AvgIpc) is 2.47. The summed E-state index contributed by atoms with van der Waals surface area (Å²) in [5, 5.41) is 0. The number of anilines is 1. The molecule has 1 heterocycles. The molecule has 0 spiro atoms. The van der Waals surface area contributed by atoms with Gasteiger partial charge in [-0.05, 0) is 36.9 Å². The molecule has 2 aromatic rings. The molecule has 21 heavy (non-hydrogen) atoms. The maximum atomic E-state index is 5.97. The highest BCUT2D eigenvalue weighted by atomic mass is 16.6. The van der Waals surface area contributed by atoms with Crippen molar-refractivity contribution in [1.29, 1.82) is 0 Å². The van der Waals surface area contributed by atoms with Gasteiger partial charge in [-0.3, -0.25) is 4.90 Å². The number of rotatable bonds is 4. The van der Waals surface area contributed by atoms with E-state index in [4.69, 9.17) is 15.2 Å². The van der Waals surface area contributed by atoms with E-state index in [0.29, 0.717) is 6.61 Å². The lowest BCUT2D eigenvalue weighted by Gasteiger charge is -2.29. The normalized spacial score (nSPS) is 17.0. The molecule has 0 aliphatic carbocycles. The van der Waals surface area contributed by atoms with Gasteiger partial charge in [0.25, 0.3) is 0 Å². The van der Waals surface area contributed by atoms with Gasteiger partial charge in [-0.2, -0.15) is 0 Å². The summed E-state index contributed by atoms with van der Waals surface area (Å²) in [5.41, 5.74) is 7.81. The van der Waals surface area contributed by atoms with Crippen LogP contribution in [0.25, 0.3) is 0 Å². The van der Waals surface area contributed by atoms with Gasteiger partial charge in [0.05, 0.1) is 0 Å². The monoisotopic (exact) mass is 284 g/mol. The molecule has 4 heteroatoms. The van der Waals surface area contributed by atoms with E-state index in [1.807, 2.05) is 42.5 Å². The summed E-state index contributed by atoms with van der Waals surface area (Å²) in [7, 11) is 2.08. The van der Waals surface area contributed by atoms with Crippen molar-refractivity contribution in [2.75, 3.05) is 25.9 Å². The van der Waals surface area contributed by atoms with Crippen LogP contribution in [0.4, 0.5) is 5.69 Å². The van der Waals surface area contributed by atoms with Crippen molar-refractivity contribution < 1.29 is 9.47 Å². The number of benzene rings is 2. The fourth-order valence-electron chi connectivity index (χ4n) is 2.57. The zero-order valence-electron chi connectivity index (χ0n) is 12.2. The highest BCUT2D eigenvalue weighted by Crippen LogP contribution is 2.31. The van der Waals surface area contributed by atoms with E-state index in [2.05, 4.69) is 18.0 Å². The van der Waals surface area contributed by atoms with Crippen molar-refractivity contribution in [2.45, 2.75) is 12.6 Å². The number of hydrogen-bond acceptors (Lipinski definition) is 4. The first-order chi connectivity index (χ1) is 10.2. The minimum atomic E-state index is 0.0472. The van der Waals surface area contributed by atoms with Crippen LogP contribution in [0.2, 0.25) is 0 Å². The van der Waals surface area contributed by atoms with E-state index in [9.17, 15) is 0 Å². The Bertz CT molecular complexity index is 615. The third-order valence-corrected chi connectivity index (χ3v) is 3.49. The number of ether oxygens (including phenoxy) is 2. The first-order valence-electron chi connectivity index (χ1n) is 7.12. The Balaban J connectivity index is 1.57. The van der Waals surface area contributed by atoms with Gasteiger partial charge in [-0.25, -0.2) is 0 Å². The molecule has 0 bridgehead atoms. The van der Waals surface area contributed by atoms with Crippen LogP contribution in [-0.4, -0.2) is 31.2 Å². The summed E-state index contributed by atoms with van der Waals surface area (Å²) in [5.74, 6) is 1.65. The molecular weight excluding hydrogens is 264 g/mol. The maximum Gasteiger partial charge on any atom is 0.161 e. The maximum absolute atomic E-state index is 5.97. The third-order valence-electron chi connectivity index (χ3n) is 3.49. The summed E-state index contributed by atoms with van der Waals surface area (Å²) < 4.78 is 11.7. The lowest BCUT2D eigenvalue weighted by molar-refractivity contribution is 0.0638. The number of nitrogens with two attached hydrogens (primary N) is 1. The summed E-state index contributed by atoms with van der Waals surface area (Å²) >= 11 is 0. The zero-order valence-corrected chi connectivity index (χ0v) is 12.2. The molecule has 2 aromatic carbocycles. The standard InChI is InChI=1S/C17H20N2O2/c1-19(10-13-5-4-6-14(18)9-13)11-15-12-20-16-7-2-3-8-17(16)21-15/h2-9,15H,10-12,18H2,1H3. The largest absolute Gasteiger partial charge is 0.486 e. The van der Waals surface area contributed by atoms with Gasteiger partial charge in [0.1, 0.15) is 12.7 Å². The van der Waals surface area contributed by atoms with Crippen molar-refractivity contribution in [3.8, 4) is 11.5 Å². The molecular formula is C17H20N2O2. The molecule has 4 nitrogen and oxygen atoms in total. The minimum absolute atomic E-state index is 0.0472. The third kappa shape index (κ3) is 3.47. The number of fused-ring (bicyclic) bond motifs is 1. The fourth-order valence-corrected chi connectivity index (χ4v) is 2.57. The number of hydrogen-bond donors (Lipinski definition) is 1. The second-order valence-corrected chi connectivity index (χ2v) is 5.44. The van der Waals surface area contributed by atoms with Crippen molar-refractivity contribution in [3.05, 3.63) is 54.1 Å². The van der Waals surface area contributed by atoms with Gasteiger partial charge in [-0.15, -0.1) is 0 Å². The Morgan fingerprint density at radius 2 is 1.95 bits per heavy atom. The molecule has 0 aromatic heterocycles. The summed E-state index contributed by atoms with van der Waals surface area (Å²) in [6.07, 6.45) is 0.0472. The van der Waals surface area contributed by atoms with Crippen molar-refractivity contribution in [1.82, 2.24) is 4.90 Å². The van der Waals surface area contributed by atoms with Gasteiger partial charge < -0.3 is 15.2 Å². The Hall–Kier alpha value is -2.20. The smallest absolute Gasteiger partial charge is 0.161 e. The molecule has 0 radical (unpaired) electrons. The molecule has 3 rings (SSSR count). The highest BCUT2D eigenvalue weighted by Gasteiger charge is 2.21. The molecule has 110 valence electrons. The SMILES string of the molecule is CN(Cc1cccc(N)c1)CC1COc2ccccc2O1. The topological polar surface area (TPSA) is 47.7 Å². The van der Waals surface area contributed by atoms with E-state index >= 15 is 0 Å². The van der Waals surface area contributed by atoms with Crippen LogP contribution in [0.3, 0.4) is 0 Å². The summed E-state index contributed by atoms with van der Waals surface area (Å²) in [6.45, 7) is 2.23. The molecule has 0 saturated heterocycles. The van der Waals surface area contributed by atoms with Crippen molar-refractivity contribution >= 4 is 5.69 Å². The van der Waals surface area contributed by atoms with Gasteiger partial charge in [-0.1, -0.05) is 24.3 Å². The molecule has 1 aliphatic heterocycles. The second kappa shape index (κ2) is 6.06. The average molecular weight is 284 g/mol. The van der Waals surface area contributed by atoms with Crippen LogP contribution >= 0.6 is 0 Å². The Morgan fingerprint density at radius 1 is 1.14 bits per heavy atom. The van der Waals surface area contributed by atoms with E-state index in [1.54, 1.807) is 0 Å². The molecule has 1 unspecified atom stereocenters. The Labute approximate surface area is 125 Å². The zero-order chi connectivity index (χ0) is 14.7. The first-order valence-corrected chi connectivity index (χ1v) is 7.12. The Morgan fingerprint density at radius 3 is 2.76 bits per heavy atom. The number of nitrogens with zero attached hydrogens (tertiary/aromatic N) is 1. The van der Waals surface area contributed by atoms with Crippen molar-refractivity contribution in [3.63, 3.8) is 0 Å². The van der Waals surface area contributed by atoms with Crippen LogP contribution in [-0.2, 0) is 6.54 Å². The van der Waals surface area contributed by atoms with Crippen LogP contribution in [0.1, 0.15) is 5.56 Å². The van der Waals surface area contributed by atoms with Crippen LogP contribution in [0.15, 0.2) is 48.5 Å². The van der Waals surface area contributed by atoms with E-state index < -0.39 is 0 Å². The molecule has 0 fully saturated rings. The number of likely N-dealkylation sites (N-methyl/N-ethyl adjacent to an activating group) is 1. The lowest BCUT2D eigenvalue weighted by atomic mass is 10.2.